The van der Waals surface area contributed by atoms with Crippen LogP contribution in [0.4, 0.5) is 10.1 Å². The van der Waals surface area contributed by atoms with Gasteiger partial charge in [-0.2, -0.15) is 5.26 Å². The molecule has 3 N–H and O–H groups in total. The van der Waals surface area contributed by atoms with Crippen LogP contribution in [0.1, 0.15) is 49.7 Å². The van der Waals surface area contributed by atoms with Gasteiger partial charge in [0.15, 0.2) is 0 Å². The maximum atomic E-state index is 14.2. The summed E-state index contributed by atoms with van der Waals surface area (Å²) in [4.78, 5) is 63.9. The summed E-state index contributed by atoms with van der Waals surface area (Å²) < 4.78 is 13.6. The third-order valence-electron chi connectivity index (χ3n) is 7.89. The van der Waals surface area contributed by atoms with E-state index >= 15 is 0 Å². The quantitative estimate of drug-likeness (QED) is 0.269. The van der Waals surface area contributed by atoms with E-state index in [1.165, 1.54) is 53.8 Å². The van der Waals surface area contributed by atoms with Gasteiger partial charge in [0.2, 0.25) is 17.7 Å². The number of aromatic nitrogens is 2. The number of amides is 4. The summed E-state index contributed by atoms with van der Waals surface area (Å²) in [5.41, 5.74) is -0.599. The van der Waals surface area contributed by atoms with Gasteiger partial charge < -0.3 is 20.9 Å². The monoisotopic (exact) mass is 639 g/mol. The first-order valence-electron chi connectivity index (χ1n) is 15.2. The Kier molecular flexibility index (Phi) is 10.8. The van der Waals surface area contributed by atoms with Crippen molar-refractivity contribution in [1.82, 2.24) is 25.5 Å². The molecule has 1 aromatic heterocycles. The van der Waals surface area contributed by atoms with Crippen LogP contribution in [-0.2, 0) is 20.8 Å². The molecule has 0 radical (unpaired) electrons. The van der Waals surface area contributed by atoms with E-state index in [2.05, 4.69) is 38.6 Å². The van der Waals surface area contributed by atoms with E-state index in [9.17, 15) is 28.8 Å². The molecule has 4 rings (SSSR count). The highest BCUT2D eigenvalue weighted by Gasteiger charge is 2.50. The van der Waals surface area contributed by atoms with E-state index in [1.807, 2.05) is 26.8 Å². The van der Waals surface area contributed by atoms with E-state index in [-0.39, 0.29) is 31.5 Å². The van der Waals surface area contributed by atoms with E-state index in [0.717, 1.165) is 0 Å². The van der Waals surface area contributed by atoms with Crippen molar-refractivity contribution in [2.45, 2.75) is 58.2 Å². The van der Waals surface area contributed by atoms with Crippen LogP contribution in [-0.4, -0.2) is 63.2 Å². The first-order chi connectivity index (χ1) is 22.3. The zero-order valence-corrected chi connectivity index (χ0v) is 26.6. The molecule has 0 aliphatic carbocycles. The predicted molar refractivity (Wildman–Crippen MR) is 173 cm³/mol. The summed E-state index contributed by atoms with van der Waals surface area (Å²) >= 11 is 0. The van der Waals surface area contributed by atoms with Crippen molar-refractivity contribution in [3.8, 4) is 6.07 Å². The number of nitrogens with one attached hydrogen (secondary N) is 3. The van der Waals surface area contributed by atoms with Crippen molar-refractivity contribution in [3.05, 3.63) is 103 Å². The summed E-state index contributed by atoms with van der Waals surface area (Å²) in [6.45, 7) is 9.45. The van der Waals surface area contributed by atoms with Crippen LogP contribution in [0.15, 0.2) is 85.8 Å². The Balaban J connectivity index is 1.60. The molecule has 47 heavy (non-hydrogen) atoms. The molecule has 1 aliphatic heterocycles. The van der Waals surface area contributed by atoms with Crippen LogP contribution in [0.3, 0.4) is 0 Å². The number of halogens is 1. The molecule has 3 aromatic rings. The number of carbonyl (C=O) groups is 4. The van der Waals surface area contributed by atoms with Gasteiger partial charge in [-0.15, -0.1) is 6.58 Å². The van der Waals surface area contributed by atoms with Gasteiger partial charge in [-0.3, -0.25) is 24.2 Å². The topological polar surface area (TPSA) is 157 Å². The lowest BCUT2D eigenvalue weighted by atomic mass is 9.84. The number of nitrogens with zero attached hydrogens (tertiary/aromatic N) is 4. The van der Waals surface area contributed by atoms with Crippen molar-refractivity contribution in [3.63, 3.8) is 0 Å². The van der Waals surface area contributed by atoms with Crippen molar-refractivity contribution in [2.75, 3.05) is 11.9 Å². The predicted octanol–water partition coefficient (Wildman–Crippen LogP) is 3.81. The maximum Gasteiger partial charge on any atom is 0.272 e. The van der Waals surface area contributed by atoms with Gasteiger partial charge in [0, 0.05) is 37.5 Å². The Morgan fingerprint density at radius 2 is 1.79 bits per heavy atom. The third kappa shape index (κ3) is 8.85. The average molecular weight is 640 g/mol. The average Bonchev–Trinajstić information content (AvgIpc) is 3.45. The van der Waals surface area contributed by atoms with Gasteiger partial charge in [0.05, 0.1) is 17.7 Å². The second-order valence-corrected chi connectivity index (χ2v) is 12.8. The molecule has 0 bridgehead atoms. The Hall–Kier alpha value is -5.44. The van der Waals surface area contributed by atoms with Crippen LogP contribution in [0, 0.1) is 28.0 Å². The summed E-state index contributed by atoms with van der Waals surface area (Å²) in [5, 5.41) is 18.4. The van der Waals surface area contributed by atoms with Crippen molar-refractivity contribution in [1.29, 1.82) is 5.26 Å². The molecule has 1 fully saturated rings. The second-order valence-electron chi connectivity index (χ2n) is 12.8. The fourth-order valence-electron chi connectivity index (χ4n) is 5.46. The second kappa shape index (κ2) is 14.8. The molecule has 0 saturated carbocycles. The number of benzene rings is 2. The minimum atomic E-state index is -1.25. The third-order valence-corrected chi connectivity index (χ3v) is 7.89. The Labute approximate surface area is 273 Å². The minimum absolute atomic E-state index is 0.0156. The van der Waals surface area contributed by atoms with Crippen LogP contribution < -0.4 is 16.0 Å². The molecule has 0 spiro atoms. The maximum absolute atomic E-state index is 14.2. The molecule has 4 amide bonds. The van der Waals surface area contributed by atoms with Gasteiger partial charge >= 0.3 is 0 Å². The molecule has 0 unspecified atom stereocenters. The normalized spacial score (nSPS) is 18.7. The van der Waals surface area contributed by atoms with Crippen LogP contribution in [0.25, 0.3) is 0 Å². The zero-order valence-electron chi connectivity index (χ0n) is 26.6. The number of hydrogen-bond acceptors (Lipinski definition) is 7. The van der Waals surface area contributed by atoms with Crippen LogP contribution >= 0.6 is 0 Å². The number of hydrogen-bond donors (Lipinski definition) is 3. The molecule has 244 valence electrons. The number of likely N-dealkylation sites (tertiary alicyclic amines) is 1. The van der Waals surface area contributed by atoms with Crippen molar-refractivity contribution < 1.29 is 23.6 Å². The number of nitriles is 1. The fourth-order valence-corrected chi connectivity index (χ4v) is 5.46. The van der Waals surface area contributed by atoms with E-state index in [4.69, 9.17) is 0 Å². The zero-order chi connectivity index (χ0) is 34.2. The molecule has 2 aromatic carbocycles. The SMILES string of the molecule is C=C[C@]1(C(=O)Nc2ccccc2)C[C@@H](C#N)N(C(=O)[C@H](CC(C)(C)C)NC(=O)[C@H](Cc2ccc(F)cc2)NC(=O)c2cnccn2)C1. The van der Waals surface area contributed by atoms with Crippen molar-refractivity contribution >= 4 is 29.3 Å². The number of para-hydroxylation sites is 1. The van der Waals surface area contributed by atoms with Gasteiger partial charge in [0.1, 0.15) is 29.6 Å². The molecule has 11 nitrogen and oxygen atoms in total. The highest BCUT2D eigenvalue weighted by Crippen LogP contribution is 2.38. The van der Waals surface area contributed by atoms with Crippen LogP contribution in [0.2, 0.25) is 0 Å². The van der Waals surface area contributed by atoms with E-state index in [0.29, 0.717) is 11.3 Å². The molecule has 12 heteroatoms. The molecular formula is C35H38FN7O4. The lowest BCUT2D eigenvalue weighted by Crippen LogP contribution is -2.56. The van der Waals surface area contributed by atoms with E-state index in [1.54, 1.807) is 24.3 Å². The number of anilines is 1. The first-order valence-corrected chi connectivity index (χ1v) is 15.2. The summed E-state index contributed by atoms with van der Waals surface area (Å²) in [7, 11) is 0. The molecule has 4 atom stereocenters. The Morgan fingerprint density at radius 1 is 1.09 bits per heavy atom. The summed E-state index contributed by atoms with van der Waals surface area (Å²) in [5.74, 6) is -2.74. The number of carbonyl (C=O) groups excluding carboxylic acids is 4. The van der Waals surface area contributed by atoms with Gasteiger partial charge in [-0.25, -0.2) is 9.37 Å². The fraction of sp³-hybridized carbons (Fsp3) is 0.343. The molecule has 2 heterocycles. The number of rotatable bonds is 11. The van der Waals surface area contributed by atoms with Crippen LogP contribution in [0.5, 0.6) is 0 Å². The largest absolute Gasteiger partial charge is 0.342 e. The molecule has 1 aliphatic rings. The van der Waals surface area contributed by atoms with Gasteiger partial charge in [-0.1, -0.05) is 57.2 Å². The summed E-state index contributed by atoms with van der Waals surface area (Å²) in [6, 6.07) is 13.2. The highest BCUT2D eigenvalue weighted by atomic mass is 19.1. The smallest absolute Gasteiger partial charge is 0.272 e. The van der Waals surface area contributed by atoms with E-state index < -0.39 is 58.4 Å². The standard InChI is InChI=1S/C35H38FN7O4/c1-5-35(33(47)40-25-9-7-6-8-10-25)18-26(20-37)43(22-35)32(46)28(19-34(2,3)4)42-30(44)27(17-23-11-13-24(36)14-12-23)41-31(45)29-21-38-15-16-39-29/h5-16,21,26-28H,1,17-19,22H2,2-4H3,(H,40,47)(H,41,45)(H,42,44)/t26-,27-,28-,35-/m0/s1. The highest BCUT2D eigenvalue weighted by molar-refractivity contribution is 5.99. The first kappa shape index (κ1) is 34.4. The van der Waals surface area contributed by atoms with Gasteiger partial charge in [-0.05, 0) is 41.7 Å². The molecule has 1 saturated heterocycles. The summed E-state index contributed by atoms with van der Waals surface area (Å²) in [6.07, 6.45) is 5.65. The lowest BCUT2D eigenvalue weighted by Gasteiger charge is -2.32. The Morgan fingerprint density at radius 3 is 2.38 bits per heavy atom. The minimum Gasteiger partial charge on any atom is -0.342 e. The van der Waals surface area contributed by atoms with Gasteiger partial charge in [0.25, 0.3) is 5.91 Å². The lowest BCUT2D eigenvalue weighted by molar-refractivity contribution is -0.138. The molecular weight excluding hydrogens is 601 g/mol. The Bertz CT molecular complexity index is 1640. The van der Waals surface area contributed by atoms with Crippen molar-refractivity contribution in [2.24, 2.45) is 10.8 Å².